The van der Waals surface area contributed by atoms with E-state index in [1.165, 1.54) is 43.5 Å². The molecular weight excluding hydrogens is 459 g/mol. The Morgan fingerprint density at radius 1 is 1.06 bits per heavy atom. The molecule has 13 heteroatoms. The Morgan fingerprint density at radius 3 is 2.34 bits per heavy atom. The van der Waals surface area contributed by atoms with Gasteiger partial charge in [-0.2, -0.15) is 21.6 Å². The van der Waals surface area contributed by atoms with Crippen LogP contribution in [0.15, 0.2) is 36.4 Å². The van der Waals surface area contributed by atoms with Crippen LogP contribution in [0.3, 0.4) is 0 Å². The minimum atomic E-state index is -6.26. The highest BCUT2D eigenvalue weighted by atomic mass is 32.2. The van der Waals surface area contributed by atoms with Crippen LogP contribution in [0.25, 0.3) is 16.8 Å². The number of carbonyl (C=O) groups excluding carboxylic acids is 3. The molecule has 0 N–H and O–H groups in total. The van der Waals surface area contributed by atoms with Crippen LogP contribution in [-0.2, 0) is 28.7 Å². The molecule has 0 saturated carbocycles. The van der Waals surface area contributed by atoms with E-state index < -0.39 is 38.5 Å². The standard InChI is InChI=1S/C19H14F3NO8S/c1-29-9-10-30-15(24)8-6-11-5-7-14-16-12(11)3-2-4-13(16)17(25)23(18(14)26)31-32(27,28)19(20,21)22/h2-8H,9-10H2,1H3/b8-6+. The van der Waals surface area contributed by atoms with E-state index in [9.17, 15) is 36.0 Å². The maximum Gasteiger partial charge on any atom is 0.525 e. The van der Waals surface area contributed by atoms with Crippen molar-refractivity contribution in [1.82, 2.24) is 5.06 Å². The van der Waals surface area contributed by atoms with E-state index in [1.807, 2.05) is 0 Å². The van der Waals surface area contributed by atoms with Crippen LogP contribution in [0.2, 0.25) is 0 Å². The molecule has 2 aromatic carbocycles. The van der Waals surface area contributed by atoms with Crippen LogP contribution in [0.5, 0.6) is 0 Å². The molecule has 2 amide bonds. The van der Waals surface area contributed by atoms with Crippen molar-refractivity contribution < 1.29 is 49.7 Å². The third kappa shape index (κ3) is 4.35. The van der Waals surface area contributed by atoms with Gasteiger partial charge in [0.1, 0.15) is 6.61 Å². The number of carbonyl (C=O) groups is 3. The topological polar surface area (TPSA) is 116 Å². The van der Waals surface area contributed by atoms with Crippen molar-refractivity contribution in [1.29, 1.82) is 0 Å². The average Bonchev–Trinajstić information content (AvgIpc) is 2.73. The summed E-state index contributed by atoms with van der Waals surface area (Å²) >= 11 is 0. The maximum absolute atomic E-state index is 12.7. The molecule has 0 saturated heterocycles. The zero-order valence-corrected chi connectivity index (χ0v) is 17.0. The quantitative estimate of drug-likeness (QED) is 0.198. The number of halogens is 3. The molecular formula is C19H14F3NO8S. The highest BCUT2D eigenvalue weighted by molar-refractivity contribution is 7.87. The fourth-order valence-corrected chi connectivity index (χ4v) is 3.30. The molecule has 3 rings (SSSR count). The Hall–Kier alpha value is -3.29. The van der Waals surface area contributed by atoms with Crippen LogP contribution in [0.1, 0.15) is 26.3 Å². The van der Waals surface area contributed by atoms with Gasteiger partial charge in [0.15, 0.2) is 0 Å². The molecule has 0 fully saturated rings. The van der Waals surface area contributed by atoms with Gasteiger partial charge < -0.3 is 9.47 Å². The Labute approximate surface area is 179 Å². The first kappa shape index (κ1) is 23.4. The van der Waals surface area contributed by atoms with E-state index in [-0.39, 0.29) is 29.7 Å². The molecule has 0 aliphatic carbocycles. The lowest BCUT2D eigenvalue weighted by atomic mass is 9.92. The average molecular weight is 473 g/mol. The molecule has 1 aliphatic rings. The lowest BCUT2D eigenvalue weighted by Gasteiger charge is -2.26. The second-order valence-electron chi connectivity index (χ2n) is 6.30. The van der Waals surface area contributed by atoms with Gasteiger partial charge in [0.25, 0.3) is 11.8 Å². The smallest absolute Gasteiger partial charge is 0.460 e. The van der Waals surface area contributed by atoms with Crippen molar-refractivity contribution in [3.63, 3.8) is 0 Å². The number of hydrogen-bond acceptors (Lipinski definition) is 8. The molecule has 32 heavy (non-hydrogen) atoms. The van der Waals surface area contributed by atoms with E-state index >= 15 is 0 Å². The van der Waals surface area contributed by atoms with Gasteiger partial charge in [-0.05, 0) is 29.2 Å². The monoisotopic (exact) mass is 473 g/mol. The number of amides is 2. The summed E-state index contributed by atoms with van der Waals surface area (Å²) in [5.41, 5.74) is -5.96. The van der Waals surface area contributed by atoms with E-state index in [0.717, 1.165) is 6.08 Å². The van der Waals surface area contributed by atoms with Crippen LogP contribution in [0.4, 0.5) is 13.2 Å². The van der Waals surface area contributed by atoms with Crippen molar-refractivity contribution in [2.45, 2.75) is 5.51 Å². The summed E-state index contributed by atoms with van der Waals surface area (Å²) in [4.78, 5) is 36.9. The van der Waals surface area contributed by atoms with Crippen molar-refractivity contribution in [3.05, 3.63) is 53.1 Å². The first-order chi connectivity index (χ1) is 15.0. The number of hydrogen-bond donors (Lipinski definition) is 0. The number of esters is 1. The van der Waals surface area contributed by atoms with E-state index in [4.69, 9.17) is 9.47 Å². The van der Waals surface area contributed by atoms with Gasteiger partial charge in [0, 0.05) is 18.6 Å². The van der Waals surface area contributed by atoms with Crippen molar-refractivity contribution in [2.75, 3.05) is 20.3 Å². The minimum Gasteiger partial charge on any atom is -0.460 e. The van der Waals surface area contributed by atoms with E-state index in [1.54, 1.807) is 0 Å². The zero-order chi connectivity index (χ0) is 23.7. The SMILES string of the molecule is COCCOC(=O)/C=C/c1ccc2c3c(cccc13)C(=O)N(OS(=O)(=O)C(F)(F)F)C2=O. The van der Waals surface area contributed by atoms with Gasteiger partial charge in [0.2, 0.25) is 0 Å². The van der Waals surface area contributed by atoms with Crippen molar-refractivity contribution >= 4 is 44.8 Å². The Bertz CT molecular complexity index is 1210. The second-order valence-corrected chi connectivity index (χ2v) is 7.82. The second kappa shape index (κ2) is 8.68. The molecule has 0 spiro atoms. The Balaban J connectivity index is 1.99. The number of imide groups is 1. The van der Waals surface area contributed by atoms with Crippen LogP contribution < -0.4 is 0 Å². The highest BCUT2D eigenvalue weighted by Crippen LogP contribution is 2.34. The van der Waals surface area contributed by atoms with Crippen LogP contribution in [-0.4, -0.2) is 57.1 Å². The first-order valence-electron chi connectivity index (χ1n) is 8.77. The molecule has 170 valence electrons. The van der Waals surface area contributed by atoms with E-state index in [2.05, 4.69) is 4.28 Å². The van der Waals surface area contributed by atoms with Crippen LogP contribution >= 0.6 is 0 Å². The molecule has 0 aromatic heterocycles. The lowest BCUT2D eigenvalue weighted by Crippen LogP contribution is -2.44. The Kier molecular flexibility index (Phi) is 6.34. The molecule has 1 aliphatic heterocycles. The van der Waals surface area contributed by atoms with Crippen molar-refractivity contribution in [3.8, 4) is 0 Å². The summed E-state index contributed by atoms with van der Waals surface area (Å²) in [6.45, 7) is 0.233. The minimum absolute atomic E-state index is 0.0309. The van der Waals surface area contributed by atoms with Gasteiger partial charge in [-0.3, -0.25) is 9.59 Å². The summed E-state index contributed by atoms with van der Waals surface area (Å²) in [5, 5.41) is -0.0505. The fourth-order valence-electron chi connectivity index (χ4n) is 2.88. The van der Waals surface area contributed by atoms with Gasteiger partial charge >= 0.3 is 21.6 Å². The first-order valence-corrected chi connectivity index (χ1v) is 10.2. The van der Waals surface area contributed by atoms with Gasteiger partial charge in [-0.25, -0.2) is 4.79 Å². The highest BCUT2D eigenvalue weighted by Gasteiger charge is 2.51. The molecule has 2 aromatic rings. The number of ether oxygens (including phenoxy) is 2. The zero-order valence-electron chi connectivity index (χ0n) is 16.2. The number of rotatable bonds is 7. The number of benzene rings is 2. The number of methoxy groups -OCH3 is 1. The van der Waals surface area contributed by atoms with Gasteiger partial charge in [0.05, 0.1) is 17.7 Å². The molecule has 1 heterocycles. The largest absolute Gasteiger partial charge is 0.525 e. The predicted molar refractivity (Wildman–Crippen MR) is 102 cm³/mol. The third-order valence-corrected chi connectivity index (χ3v) is 5.20. The molecule has 0 radical (unpaired) electrons. The normalized spacial score (nSPS) is 14.4. The summed E-state index contributed by atoms with van der Waals surface area (Å²) in [6, 6.07) is 6.63. The number of alkyl halides is 3. The summed E-state index contributed by atoms with van der Waals surface area (Å²) in [6.07, 6.45) is 2.47. The summed E-state index contributed by atoms with van der Waals surface area (Å²) in [7, 11) is -4.82. The summed E-state index contributed by atoms with van der Waals surface area (Å²) in [5.74, 6) is -3.45. The van der Waals surface area contributed by atoms with Crippen molar-refractivity contribution in [2.24, 2.45) is 0 Å². The Morgan fingerprint density at radius 2 is 1.72 bits per heavy atom. The molecule has 9 nitrogen and oxygen atoms in total. The van der Waals surface area contributed by atoms with Gasteiger partial charge in [-0.15, -0.1) is 9.35 Å². The molecule has 0 atom stereocenters. The number of nitrogens with zero attached hydrogens (tertiary/aromatic N) is 1. The van der Waals surface area contributed by atoms with E-state index in [0.29, 0.717) is 10.9 Å². The lowest BCUT2D eigenvalue weighted by molar-refractivity contribution is -0.138. The maximum atomic E-state index is 12.7. The predicted octanol–water partition coefficient (Wildman–Crippen LogP) is 2.42. The third-order valence-electron chi connectivity index (χ3n) is 4.29. The van der Waals surface area contributed by atoms with Gasteiger partial charge in [-0.1, -0.05) is 18.2 Å². The fraction of sp³-hybridized carbons (Fsp3) is 0.211. The number of hydroxylamine groups is 2. The summed E-state index contributed by atoms with van der Waals surface area (Å²) < 4.78 is 74.0. The molecule has 0 unspecified atom stereocenters. The van der Waals surface area contributed by atoms with Crippen LogP contribution in [0, 0.1) is 0 Å². The molecule has 0 bridgehead atoms.